The van der Waals surface area contributed by atoms with E-state index in [0.717, 1.165) is 36.8 Å². The Morgan fingerprint density at radius 3 is 2.90 bits per heavy atom. The van der Waals surface area contributed by atoms with E-state index in [0.29, 0.717) is 0 Å². The maximum absolute atomic E-state index is 13.3. The largest absolute Gasteiger partial charge is 0.348 e. The summed E-state index contributed by atoms with van der Waals surface area (Å²) in [6, 6.07) is 4.29. The van der Waals surface area contributed by atoms with Gasteiger partial charge in [0.25, 0.3) is 0 Å². The highest BCUT2D eigenvalue weighted by Crippen LogP contribution is 2.30. The van der Waals surface area contributed by atoms with Crippen molar-refractivity contribution >= 4 is 18.3 Å². The van der Waals surface area contributed by atoms with Gasteiger partial charge in [-0.25, -0.2) is 4.39 Å². The van der Waals surface area contributed by atoms with Crippen LogP contribution >= 0.6 is 12.4 Å². The van der Waals surface area contributed by atoms with Gasteiger partial charge < -0.3 is 11.1 Å². The number of aryl methyl sites for hydroxylation is 1. The van der Waals surface area contributed by atoms with E-state index in [1.54, 1.807) is 12.1 Å². The van der Waals surface area contributed by atoms with Crippen molar-refractivity contribution in [3.8, 4) is 0 Å². The van der Waals surface area contributed by atoms with Crippen molar-refractivity contribution in [1.82, 2.24) is 5.32 Å². The number of carbonyl (C=O) groups excluding carboxylic acids is 1. The average Bonchev–Trinajstić information content (AvgIpc) is 2.45. The second-order valence-electron chi connectivity index (χ2n) is 5.71. The summed E-state index contributed by atoms with van der Waals surface area (Å²) >= 11 is 0. The number of carbonyl (C=O) groups is 1. The van der Waals surface area contributed by atoms with Crippen molar-refractivity contribution in [1.29, 1.82) is 0 Å². The van der Waals surface area contributed by atoms with Crippen LogP contribution in [-0.4, -0.2) is 11.9 Å². The lowest BCUT2D eigenvalue weighted by atomic mass is 9.87. The molecule has 0 fully saturated rings. The summed E-state index contributed by atoms with van der Waals surface area (Å²) in [5.41, 5.74) is 7.99. The van der Waals surface area contributed by atoms with Gasteiger partial charge in [-0.3, -0.25) is 4.79 Å². The fourth-order valence-corrected chi connectivity index (χ4v) is 2.71. The lowest BCUT2D eigenvalue weighted by Gasteiger charge is -2.28. The zero-order valence-electron chi connectivity index (χ0n) is 12.6. The van der Waals surface area contributed by atoms with Crippen molar-refractivity contribution in [2.45, 2.75) is 51.6 Å². The average molecular weight is 315 g/mol. The summed E-state index contributed by atoms with van der Waals surface area (Å²) in [4.78, 5) is 12.2. The zero-order valence-corrected chi connectivity index (χ0v) is 13.4. The zero-order chi connectivity index (χ0) is 14.7. The van der Waals surface area contributed by atoms with Crippen LogP contribution in [0.25, 0.3) is 0 Å². The van der Waals surface area contributed by atoms with Crippen molar-refractivity contribution in [3.63, 3.8) is 0 Å². The minimum Gasteiger partial charge on any atom is -0.348 e. The van der Waals surface area contributed by atoms with Crippen LogP contribution in [0, 0.1) is 11.7 Å². The normalized spacial score (nSPS) is 19.9. The first-order valence-corrected chi connectivity index (χ1v) is 7.37. The van der Waals surface area contributed by atoms with Crippen LogP contribution in [0.5, 0.6) is 0 Å². The summed E-state index contributed by atoms with van der Waals surface area (Å²) in [5.74, 6) is -0.167. The fourth-order valence-electron chi connectivity index (χ4n) is 2.71. The number of nitrogens with one attached hydrogen (secondary N) is 1. The molecule has 1 aromatic carbocycles. The number of nitrogens with two attached hydrogens (primary N) is 1. The van der Waals surface area contributed by atoms with Gasteiger partial charge >= 0.3 is 0 Å². The molecule has 3 nitrogen and oxygen atoms in total. The molecule has 0 bridgehead atoms. The van der Waals surface area contributed by atoms with Crippen LogP contribution < -0.4 is 11.1 Å². The monoisotopic (exact) mass is 314 g/mol. The topological polar surface area (TPSA) is 55.1 Å². The molecule has 1 aliphatic carbocycles. The van der Waals surface area contributed by atoms with Gasteiger partial charge in [-0.1, -0.05) is 26.3 Å². The summed E-state index contributed by atoms with van der Waals surface area (Å²) < 4.78 is 13.3. The molecule has 0 saturated carbocycles. The van der Waals surface area contributed by atoms with Crippen molar-refractivity contribution in [3.05, 3.63) is 35.1 Å². The predicted molar refractivity (Wildman–Crippen MR) is 84.9 cm³/mol. The first-order valence-electron chi connectivity index (χ1n) is 7.37. The summed E-state index contributed by atoms with van der Waals surface area (Å²) in [5, 5.41) is 3.02. The van der Waals surface area contributed by atoms with Crippen LogP contribution in [0.2, 0.25) is 0 Å². The van der Waals surface area contributed by atoms with Crippen molar-refractivity contribution in [2.24, 2.45) is 11.7 Å². The first-order chi connectivity index (χ1) is 9.52. The lowest BCUT2D eigenvalue weighted by Crippen LogP contribution is -2.46. The third kappa shape index (κ3) is 4.17. The Morgan fingerprint density at radius 1 is 1.52 bits per heavy atom. The number of halogens is 2. The molecular weight excluding hydrogens is 291 g/mol. The summed E-state index contributed by atoms with van der Waals surface area (Å²) in [6.45, 7) is 4.00. The highest BCUT2D eigenvalue weighted by Gasteiger charge is 2.26. The fraction of sp³-hybridized carbons (Fsp3) is 0.562. The highest BCUT2D eigenvalue weighted by molar-refractivity contribution is 5.85. The van der Waals surface area contributed by atoms with E-state index in [4.69, 9.17) is 5.73 Å². The van der Waals surface area contributed by atoms with Crippen LogP contribution in [0.15, 0.2) is 18.2 Å². The van der Waals surface area contributed by atoms with Gasteiger partial charge in [0.2, 0.25) is 5.91 Å². The lowest BCUT2D eigenvalue weighted by molar-refractivity contribution is -0.124. The van der Waals surface area contributed by atoms with E-state index < -0.39 is 6.04 Å². The maximum atomic E-state index is 13.3. The molecule has 1 aromatic rings. The minimum absolute atomic E-state index is 0. The van der Waals surface area contributed by atoms with Crippen LogP contribution in [0.1, 0.15) is 50.3 Å². The minimum atomic E-state index is -0.481. The van der Waals surface area contributed by atoms with E-state index in [-0.39, 0.29) is 36.1 Å². The number of amides is 1. The molecule has 0 radical (unpaired) electrons. The number of benzene rings is 1. The van der Waals surface area contributed by atoms with E-state index in [1.165, 1.54) is 6.07 Å². The second-order valence-corrected chi connectivity index (χ2v) is 5.71. The Labute approximate surface area is 131 Å². The molecule has 3 unspecified atom stereocenters. The Bertz CT molecular complexity index is 495. The van der Waals surface area contributed by atoms with Gasteiger partial charge in [0.05, 0.1) is 12.1 Å². The molecule has 21 heavy (non-hydrogen) atoms. The van der Waals surface area contributed by atoms with Gasteiger partial charge in [0, 0.05) is 0 Å². The number of hydrogen-bond donors (Lipinski definition) is 2. The molecule has 3 atom stereocenters. The van der Waals surface area contributed by atoms with Crippen molar-refractivity contribution < 1.29 is 9.18 Å². The number of rotatable bonds is 4. The van der Waals surface area contributed by atoms with Gasteiger partial charge in [-0.05, 0) is 48.4 Å². The molecule has 0 aromatic heterocycles. The molecule has 5 heteroatoms. The molecule has 1 aliphatic rings. The standard InChI is InChI=1S/C16H23FN2O.ClH/c1-3-10(2)15(18)16(20)19-14-6-4-5-11-9-12(17)7-8-13(11)14;/h7-10,14-15H,3-6,18H2,1-2H3,(H,19,20);1H. The third-order valence-electron chi connectivity index (χ3n) is 4.30. The molecule has 1 amide bonds. The Hall–Kier alpha value is -1.13. The van der Waals surface area contributed by atoms with Gasteiger partial charge in [0.1, 0.15) is 5.82 Å². The van der Waals surface area contributed by atoms with Crippen LogP contribution in [-0.2, 0) is 11.2 Å². The predicted octanol–water partition coefficient (Wildman–Crippen LogP) is 3.11. The molecule has 2 rings (SSSR count). The van der Waals surface area contributed by atoms with Crippen molar-refractivity contribution in [2.75, 3.05) is 0 Å². The SMILES string of the molecule is CCC(C)C(N)C(=O)NC1CCCc2cc(F)ccc21.Cl. The molecule has 0 spiro atoms. The number of hydrogen-bond acceptors (Lipinski definition) is 2. The van der Waals surface area contributed by atoms with E-state index in [2.05, 4.69) is 5.32 Å². The third-order valence-corrected chi connectivity index (χ3v) is 4.30. The molecule has 0 aliphatic heterocycles. The van der Waals surface area contributed by atoms with E-state index in [9.17, 15) is 9.18 Å². The molecule has 0 heterocycles. The summed E-state index contributed by atoms with van der Waals surface area (Å²) in [7, 11) is 0. The van der Waals surface area contributed by atoms with Gasteiger partial charge in [0.15, 0.2) is 0 Å². The second kappa shape index (κ2) is 7.76. The Morgan fingerprint density at radius 2 is 2.24 bits per heavy atom. The molecule has 118 valence electrons. The molecule has 3 N–H and O–H groups in total. The van der Waals surface area contributed by atoms with Crippen LogP contribution in [0.4, 0.5) is 4.39 Å². The quantitative estimate of drug-likeness (QED) is 0.897. The van der Waals surface area contributed by atoms with Crippen LogP contribution in [0.3, 0.4) is 0 Å². The Kier molecular flexibility index (Phi) is 6.62. The molecular formula is C16H24ClFN2O. The van der Waals surface area contributed by atoms with E-state index in [1.807, 2.05) is 13.8 Å². The molecule has 0 saturated heterocycles. The first kappa shape index (κ1) is 17.9. The number of fused-ring (bicyclic) bond motifs is 1. The van der Waals surface area contributed by atoms with Gasteiger partial charge in [-0.2, -0.15) is 0 Å². The van der Waals surface area contributed by atoms with Gasteiger partial charge in [-0.15, -0.1) is 12.4 Å². The smallest absolute Gasteiger partial charge is 0.237 e. The summed E-state index contributed by atoms with van der Waals surface area (Å²) in [6.07, 6.45) is 3.59. The van der Waals surface area contributed by atoms with E-state index >= 15 is 0 Å². The maximum Gasteiger partial charge on any atom is 0.237 e. The Balaban J connectivity index is 0.00000220. The highest BCUT2D eigenvalue weighted by atomic mass is 35.5.